The number of hydrogen-bond donors (Lipinski definition) is 2. The van der Waals surface area contributed by atoms with Crippen LogP contribution in [0.1, 0.15) is 65.1 Å². The summed E-state index contributed by atoms with van der Waals surface area (Å²) in [6.45, 7) is 0. The van der Waals surface area contributed by atoms with Gasteiger partial charge in [-0.15, -0.1) is 0 Å². The zero-order valence-electron chi connectivity index (χ0n) is 16.2. The van der Waals surface area contributed by atoms with E-state index in [2.05, 4.69) is 15.2 Å². The van der Waals surface area contributed by atoms with Gasteiger partial charge in [0.1, 0.15) is 5.69 Å². The summed E-state index contributed by atoms with van der Waals surface area (Å²) >= 11 is 0. The first-order valence-corrected chi connectivity index (χ1v) is 10.2. The Morgan fingerprint density at radius 1 is 1.17 bits per heavy atom. The molecule has 3 aromatic rings. The number of nitrogens with zero attached hydrogens (tertiary/aromatic N) is 2. The number of rotatable bonds is 5. The maximum atomic E-state index is 13.4. The average Bonchev–Trinajstić information content (AvgIpc) is 3.18. The monoisotopic (exact) mass is 406 g/mol. The molecule has 2 heterocycles. The zero-order valence-corrected chi connectivity index (χ0v) is 16.2. The van der Waals surface area contributed by atoms with E-state index in [1.807, 2.05) is 18.2 Å². The van der Waals surface area contributed by atoms with Crippen LogP contribution in [0.25, 0.3) is 22.2 Å². The van der Waals surface area contributed by atoms with Crippen LogP contribution in [0.5, 0.6) is 0 Å². The highest BCUT2D eigenvalue weighted by Crippen LogP contribution is 2.38. The first-order chi connectivity index (χ1) is 13.9. The molecule has 1 aromatic carbocycles. The molecule has 29 heavy (non-hydrogen) atoms. The lowest BCUT2D eigenvalue weighted by Crippen LogP contribution is -2.14. The van der Waals surface area contributed by atoms with Crippen LogP contribution in [0.3, 0.4) is 0 Å². The van der Waals surface area contributed by atoms with Crippen molar-refractivity contribution < 1.29 is 16.0 Å². The second-order valence-corrected chi connectivity index (χ2v) is 7.97. The largest absolute Gasteiger partial charge is 0.433 e. The van der Waals surface area contributed by atoms with E-state index < -0.39 is 11.9 Å². The fourth-order valence-corrected chi connectivity index (χ4v) is 4.39. The molecular weight excluding hydrogens is 377 g/mol. The van der Waals surface area contributed by atoms with Gasteiger partial charge in [-0.25, -0.2) is 4.98 Å². The third kappa shape index (κ3) is 4.29. The Morgan fingerprint density at radius 3 is 2.72 bits per heavy atom. The van der Waals surface area contributed by atoms with Crippen LogP contribution in [-0.2, 0) is 6.18 Å². The molecule has 1 aliphatic carbocycles. The molecule has 0 radical (unpaired) electrons. The van der Waals surface area contributed by atoms with Crippen molar-refractivity contribution in [3.05, 3.63) is 47.8 Å². The van der Waals surface area contributed by atoms with Crippen LogP contribution >= 0.6 is 0 Å². The van der Waals surface area contributed by atoms with E-state index in [1.165, 1.54) is 38.3 Å². The highest BCUT2D eigenvalue weighted by atomic mass is 19.4. The Bertz CT molecular complexity index is 984. The van der Waals surface area contributed by atoms with Gasteiger partial charge in [0.25, 0.3) is 0 Å². The summed E-state index contributed by atoms with van der Waals surface area (Å²) in [5.41, 5.74) is 7.72. The number of aromatic nitrogens is 3. The molecule has 4 nitrogen and oxygen atoms in total. The van der Waals surface area contributed by atoms with Gasteiger partial charge in [-0.05, 0) is 47.6 Å². The topological polar surface area (TPSA) is 67.6 Å². The van der Waals surface area contributed by atoms with Gasteiger partial charge in [0.2, 0.25) is 0 Å². The van der Waals surface area contributed by atoms with Crippen molar-refractivity contribution in [2.75, 3.05) is 0 Å². The number of H-pyrrole nitrogens is 1. The van der Waals surface area contributed by atoms with Crippen molar-refractivity contribution >= 4 is 11.0 Å². The molecule has 1 atom stereocenters. The standard InChI is InChI=1S/C22H25F3N4.2H2/c23-22(24,25)20-19-17(11-12-27-21(19)29-28-20)15-7-4-8-16(13-15)18(26)10-9-14-5-2-1-3-6-14;;/h4,7-8,11-14,18H,1-3,5-6,9-10,26H2,(H,27,28,29);2*1H. The summed E-state index contributed by atoms with van der Waals surface area (Å²) in [4.78, 5) is 3.97. The van der Waals surface area contributed by atoms with Crippen molar-refractivity contribution in [2.24, 2.45) is 11.7 Å². The second-order valence-electron chi connectivity index (χ2n) is 7.97. The number of nitrogens with one attached hydrogen (secondary N) is 1. The minimum absolute atomic E-state index is 0. The SMILES string of the molecule is NC(CCC1CCCCC1)c1cccc(-c2ccnc3n[nH]c(C(F)(F)F)c23)c1.[HH].[HH]. The summed E-state index contributed by atoms with van der Waals surface area (Å²) in [5, 5.41) is 5.82. The molecular formula is C22H29F3N4. The second kappa shape index (κ2) is 8.14. The van der Waals surface area contributed by atoms with Crippen molar-refractivity contribution in [3.63, 3.8) is 0 Å². The highest BCUT2D eigenvalue weighted by Gasteiger charge is 2.36. The molecule has 158 valence electrons. The fourth-order valence-electron chi connectivity index (χ4n) is 4.39. The van der Waals surface area contributed by atoms with Gasteiger partial charge in [0, 0.05) is 15.1 Å². The van der Waals surface area contributed by atoms with Gasteiger partial charge in [0.15, 0.2) is 5.65 Å². The van der Waals surface area contributed by atoms with Crippen molar-refractivity contribution in [1.29, 1.82) is 0 Å². The number of pyridine rings is 1. The van der Waals surface area contributed by atoms with Gasteiger partial charge in [-0.2, -0.15) is 18.3 Å². The van der Waals surface area contributed by atoms with Gasteiger partial charge in [-0.1, -0.05) is 50.3 Å². The van der Waals surface area contributed by atoms with E-state index >= 15 is 0 Å². The van der Waals surface area contributed by atoms with Crippen LogP contribution in [0.15, 0.2) is 36.5 Å². The molecule has 4 rings (SSSR count). The molecule has 1 fully saturated rings. The van der Waals surface area contributed by atoms with E-state index in [9.17, 15) is 13.2 Å². The van der Waals surface area contributed by atoms with Crippen LogP contribution in [0, 0.1) is 5.92 Å². The predicted octanol–water partition coefficient (Wildman–Crippen LogP) is 6.50. The third-order valence-electron chi connectivity index (χ3n) is 5.97. The zero-order chi connectivity index (χ0) is 20.4. The van der Waals surface area contributed by atoms with E-state index in [4.69, 9.17) is 5.73 Å². The lowest BCUT2D eigenvalue weighted by molar-refractivity contribution is -0.139. The lowest BCUT2D eigenvalue weighted by atomic mass is 9.84. The van der Waals surface area contributed by atoms with Crippen LogP contribution in [-0.4, -0.2) is 15.2 Å². The first kappa shape index (κ1) is 19.9. The van der Waals surface area contributed by atoms with Crippen molar-refractivity contribution in [3.8, 4) is 11.1 Å². The van der Waals surface area contributed by atoms with E-state index in [-0.39, 0.29) is 19.9 Å². The molecule has 0 aliphatic heterocycles. The first-order valence-electron chi connectivity index (χ1n) is 10.2. The Kier molecular flexibility index (Phi) is 5.58. The van der Waals surface area contributed by atoms with Crippen LogP contribution in [0.2, 0.25) is 0 Å². The number of fused-ring (bicyclic) bond motifs is 1. The minimum Gasteiger partial charge on any atom is -0.324 e. The number of nitrogens with two attached hydrogens (primary N) is 1. The molecule has 0 amide bonds. The number of halogens is 3. The maximum Gasteiger partial charge on any atom is 0.433 e. The van der Waals surface area contributed by atoms with Gasteiger partial charge >= 0.3 is 6.18 Å². The van der Waals surface area contributed by atoms with E-state index in [1.54, 1.807) is 12.1 Å². The van der Waals surface area contributed by atoms with Crippen molar-refractivity contribution in [2.45, 2.75) is 57.2 Å². The number of hydrogen-bond acceptors (Lipinski definition) is 3. The van der Waals surface area contributed by atoms with E-state index in [0.717, 1.165) is 24.3 Å². The quantitative estimate of drug-likeness (QED) is 0.508. The number of benzene rings is 1. The normalized spacial score (nSPS) is 17.0. The molecule has 2 aromatic heterocycles. The van der Waals surface area contributed by atoms with Gasteiger partial charge in [-0.3, -0.25) is 5.10 Å². The molecule has 1 saturated carbocycles. The molecule has 0 bridgehead atoms. The number of aromatic amines is 1. The molecule has 0 spiro atoms. The predicted molar refractivity (Wildman–Crippen MR) is 111 cm³/mol. The summed E-state index contributed by atoms with van der Waals surface area (Å²) in [5.74, 6) is 0.748. The smallest absolute Gasteiger partial charge is 0.324 e. The highest BCUT2D eigenvalue weighted by molar-refractivity contribution is 5.94. The fraction of sp³-hybridized carbons (Fsp3) is 0.455. The molecule has 1 unspecified atom stereocenters. The summed E-state index contributed by atoms with van der Waals surface area (Å²) in [7, 11) is 0. The Morgan fingerprint density at radius 2 is 1.97 bits per heavy atom. The van der Waals surface area contributed by atoms with Crippen molar-refractivity contribution in [1.82, 2.24) is 15.2 Å². The Labute approximate surface area is 170 Å². The van der Waals surface area contributed by atoms with E-state index in [0.29, 0.717) is 11.1 Å². The third-order valence-corrected chi connectivity index (χ3v) is 5.97. The number of alkyl halides is 3. The summed E-state index contributed by atoms with van der Waals surface area (Å²) in [6.07, 6.45) is 5.45. The van der Waals surface area contributed by atoms with Crippen LogP contribution < -0.4 is 5.73 Å². The molecule has 3 N–H and O–H groups in total. The summed E-state index contributed by atoms with van der Waals surface area (Å²) < 4.78 is 40.2. The maximum absolute atomic E-state index is 13.4. The lowest BCUT2D eigenvalue weighted by Gasteiger charge is -2.23. The molecule has 1 aliphatic rings. The summed E-state index contributed by atoms with van der Waals surface area (Å²) in [6, 6.07) is 8.98. The molecule has 7 heteroatoms. The Hall–Kier alpha value is -2.41. The Balaban J connectivity index is 0.00000171. The minimum atomic E-state index is -4.53. The molecule has 0 saturated heterocycles. The van der Waals surface area contributed by atoms with Gasteiger partial charge in [0.05, 0.1) is 5.39 Å². The average molecular weight is 406 g/mol. The van der Waals surface area contributed by atoms with Crippen LogP contribution in [0.4, 0.5) is 13.2 Å². The van der Waals surface area contributed by atoms with Gasteiger partial charge < -0.3 is 5.73 Å².